The lowest BCUT2D eigenvalue weighted by atomic mass is 10.1. The molecule has 0 amide bonds. The number of rotatable bonds is 6. The Balaban J connectivity index is 2.82. The standard InChI is InChI=1S/C15H17FN2O3/c1-4-21-15(19)12(8-17)9-18-10(2)11-5-6-14(20-3)13(16)7-11/h5-7,9-10,12H,4H2,1-3H3/t10-,12-/m0/s1. The Morgan fingerprint density at radius 3 is 2.81 bits per heavy atom. The molecule has 0 aliphatic rings. The highest BCUT2D eigenvalue weighted by molar-refractivity contribution is 5.92. The van der Waals surface area contributed by atoms with E-state index in [-0.39, 0.29) is 12.4 Å². The number of carbonyl (C=O) groups is 1. The van der Waals surface area contributed by atoms with E-state index in [9.17, 15) is 9.18 Å². The Morgan fingerprint density at radius 2 is 2.29 bits per heavy atom. The van der Waals surface area contributed by atoms with Gasteiger partial charge < -0.3 is 9.47 Å². The molecule has 0 bridgehead atoms. The van der Waals surface area contributed by atoms with Gasteiger partial charge >= 0.3 is 5.97 Å². The molecule has 0 aliphatic heterocycles. The van der Waals surface area contributed by atoms with Crippen molar-refractivity contribution in [2.75, 3.05) is 13.7 Å². The van der Waals surface area contributed by atoms with Crippen molar-refractivity contribution >= 4 is 12.2 Å². The second-order valence-electron chi connectivity index (χ2n) is 4.23. The molecular formula is C15H17FN2O3. The van der Waals surface area contributed by atoms with E-state index in [0.29, 0.717) is 5.56 Å². The van der Waals surface area contributed by atoms with Gasteiger partial charge in [0, 0.05) is 6.21 Å². The highest BCUT2D eigenvalue weighted by Crippen LogP contribution is 2.23. The molecule has 0 aliphatic carbocycles. The summed E-state index contributed by atoms with van der Waals surface area (Å²) in [6, 6.07) is 5.90. The molecule has 21 heavy (non-hydrogen) atoms. The number of benzene rings is 1. The summed E-state index contributed by atoms with van der Waals surface area (Å²) in [4.78, 5) is 15.6. The Bertz CT molecular complexity index is 567. The summed E-state index contributed by atoms with van der Waals surface area (Å²) in [7, 11) is 1.39. The van der Waals surface area contributed by atoms with Crippen LogP contribution in [-0.4, -0.2) is 25.9 Å². The normalized spacial score (nSPS) is 13.5. The number of nitrogens with zero attached hydrogens (tertiary/aromatic N) is 2. The predicted molar refractivity (Wildman–Crippen MR) is 75.6 cm³/mol. The van der Waals surface area contributed by atoms with Gasteiger partial charge in [0.15, 0.2) is 17.5 Å². The zero-order valence-corrected chi connectivity index (χ0v) is 12.2. The fourth-order valence-electron chi connectivity index (χ4n) is 1.62. The van der Waals surface area contributed by atoms with Crippen LogP contribution < -0.4 is 4.74 Å². The molecule has 0 N–H and O–H groups in total. The molecule has 0 saturated carbocycles. The lowest BCUT2D eigenvalue weighted by molar-refractivity contribution is -0.143. The van der Waals surface area contributed by atoms with Crippen LogP contribution in [0.3, 0.4) is 0 Å². The number of carbonyl (C=O) groups excluding carboxylic acids is 1. The van der Waals surface area contributed by atoms with E-state index < -0.39 is 23.7 Å². The average molecular weight is 292 g/mol. The molecule has 0 spiro atoms. The maximum absolute atomic E-state index is 13.6. The van der Waals surface area contributed by atoms with Gasteiger partial charge in [-0.25, -0.2) is 4.39 Å². The van der Waals surface area contributed by atoms with E-state index in [0.717, 1.165) is 0 Å². The molecule has 0 radical (unpaired) electrons. The first-order valence-corrected chi connectivity index (χ1v) is 6.46. The molecule has 1 aromatic carbocycles. The maximum Gasteiger partial charge on any atom is 0.328 e. The monoisotopic (exact) mass is 292 g/mol. The summed E-state index contributed by atoms with van der Waals surface area (Å²) in [5.41, 5.74) is 0.616. The predicted octanol–water partition coefficient (Wildman–Crippen LogP) is 2.67. The first-order chi connectivity index (χ1) is 10.0. The van der Waals surface area contributed by atoms with Crippen LogP contribution in [0.4, 0.5) is 4.39 Å². The minimum Gasteiger partial charge on any atom is -0.494 e. The van der Waals surface area contributed by atoms with Gasteiger partial charge in [0.1, 0.15) is 0 Å². The number of halogens is 1. The zero-order chi connectivity index (χ0) is 15.8. The number of methoxy groups -OCH3 is 1. The summed E-state index contributed by atoms with van der Waals surface area (Å²) in [5, 5.41) is 8.90. The summed E-state index contributed by atoms with van der Waals surface area (Å²) >= 11 is 0. The van der Waals surface area contributed by atoms with Crippen LogP contribution in [0.5, 0.6) is 5.75 Å². The molecule has 112 valence electrons. The van der Waals surface area contributed by atoms with Crippen molar-refractivity contribution < 1.29 is 18.7 Å². The second kappa shape index (κ2) is 8.00. The van der Waals surface area contributed by atoms with Crippen LogP contribution in [0, 0.1) is 23.1 Å². The third kappa shape index (κ3) is 4.56. The van der Waals surface area contributed by atoms with Gasteiger partial charge in [0.25, 0.3) is 0 Å². The minimum atomic E-state index is -1.06. The molecule has 0 heterocycles. The number of hydrogen-bond acceptors (Lipinski definition) is 5. The van der Waals surface area contributed by atoms with E-state index in [2.05, 4.69) is 4.99 Å². The van der Waals surface area contributed by atoms with E-state index in [1.54, 1.807) is 26.0 Å². The average Bonchev–Trinajstić information content (AvgIpc) is 2.47. The Labute approximate surface area is 123 Å². The van der Waals surface area contributed by atoms with Crippen molar-refractivity contribution in [3.8, 4) is 11.8 Å². The first-order valence-electron chi connectivity index (χ1n) is 6.46. The van der Waals surface area contributed by atoms with Crippen molar-refractivity contribution in [3.05, 3.63) is 29.6 Å². The molecule has 1 rings (SSSR count). The van der Waals surface area contributed by atoms with Crippen molar-refractivity contribution in [1.82, 2.24) is 0 Å². The largest absolute Gasteiger partial charge is 0.494 e. The molecule has 0 saturated heterocycles. The molecular weight excluding hydrogens is 275 g/mol. The van der Waals surface area contributed by atoms with E-state index in [1.165, 1.54) is 25.5 Å². The number of aliphatic imine (C=N–C) groups is 1. The number of hydrogen-bond donors (Lipinski definition) is 0. The second-order valence-corrected chi connectivity index (χ2v) is 4.23. The van der Waals surface area contributed by atoms with Gasteiger partial charge in [-0.1, -0.05) is 6.07 Å². The maximum atomic E-state index is 13.6. The summed E-state index contributed by atoms with van der Waals surface area (Å²) < 4.78 is 23.2. The van der Waals surface area contributed by atoms with Gasteiger partial charge in [-0.3, -0.25) is 9.79 Å². The van der Waals surface area contributed by atoms with Gasteiger partial charge in [0.05, 0.1) is 25.8 Å². The van der Waals surface area contributed by atoms with Crippen molar-refractivity contribution in [1.29, 1.82) is 5.26 Å². The highest BCUT2D eigenvalue weighted by atomic mass is 19.1. The molecule has 0 unspecified atom stereocenters. The number of ether oxygens (including phenoxy) is 2. The van der Waals surface area contributed by atoms with Crippen LogP contribution in [0.25, 0.3) is 0 Å². The molecule has 1 aromatic rings. The quantitative estimate of drug-likeness (QED) is 0.597. The summed E-state index contributed by atoms with van der Waals surface area (Å²) in [6.45, 7) is 3.59. The SMILES string of the molecule is CCOC(=O)[C@@H](C#N)C=N[C@@H](C)c1ccc(OC)c(F)c1. The fraction of sp³-hybridized carbons (Fsp3) is 0.400. The van der Waals surface area contributed by atoms with Crippen molar-refractivity contribution in [3.63, 3.8) is 0 Å². The Hall–Kier alpha value is -2.42. The summed E-state index contributed by atoms with van der Waals surface area (Å²) in [6.07, 6.45) is 1.23. The van der Waals surface area contributed by atoms with Gasteiger partial charge in [-0.15, -0.1) is 0 Å². The molecule has 0 aromatic heterocycles. The molecule has 0 fully saturated rings. The van der Waals surface area contributed by atoms with E-state index in [4.69, 9.17) is 14.7 Å². The Kier molecular flexibility index (Phi) is 6.34. The van der Waals surface area contributed by atoms with Crippen LogP contribution in [-0.2, 0) is 9.53 Å². The molecule has 2 atom stereocenters. The van der Waals surface area contributed by atoms with E-state index >= 15 is 0 Å². The zero-order valence-electron chi connectivity index (χ0n) is 12.2. The number of esters is 1. The van der Waals surface area contributed by atoms with Crippen LogP contribution in [0.2, 0.25) is 0 Å². The van der Waals surface area contributed by atoms with Gasteiger partial charge in [0.2, 0.25) is 0 Å². The van der Waals surface area contributed by atoms with Crippen molar-refractivity contribution in [2.24, 2.45) is 10.9 Å². The topological polar surface area (TPSA) is 71.7 Å². The third-order valence-corrected chi connectivity index (χ3v) is 2.80. The van der Waals surface area contributed by atoms with Crippen LogP contribution in [0.15, 0.2) is 23.2 Å². The minimum absolute atomic E-state index is 0.149. The van der Waals surface area contributed by atoms with Crippen LogP contribution in [0.1, 0.15) is 25.5 Å². The number of nitriles is 1. The summed E-state index contributed by atoms with van der Waals surface area (Å²) in [5.74, 6) is -2.04. The lowest BCUT2D eigenvalue weighted by Crippen LogP contribution is -2.17. The molecule has 5 nitrogen and oxygen atoms in total. The highest BCUT2D eigenvalue weighted by Gasteiger charge is 2.17. The molecule has 6 heteroatoms. The van der Waals surface area contributed by atoms with Gasteiger partial charge in [-0.05, 0) is 31.5 Å². The smallest absolute Gasteiger partial charge is 0.328 e. The van der Waals surface area contributed by atoms with Gasteiger partial charge in [-0.2, -0.15) is 5.26 Å². The first kappa shape index (κ1) is 16.6. The Morgan fingerprint density at radius 1 is 1.57 bits per heavy atom. The van der Waals surface area contributed by atoms with Crippen molar-refractivity contribution in [2.45, 2.75) is 19.9 Å². The van der Waals surface area contributed by atoms with Crippen LogP contribution >= 0.6 is 0 Å². The third-order valence-electron chi connectivity index (χ3n) is 2.80. The fourth-order valence-corrected chi connectivity index (χ4v) is 1.62. The lowest BCUT2D eigenvalue weighted by Gasteiger charge is -2.09. The van der Waals surface area contributed by atoms with E-state index in [1.807, 2.05) is 0 Å².